The van der Waals surface area contributed by atoms with Crippen LogP contribution in [0, 0.1) is 17.0 Å². The molecule has 2 rings (SSSR count). The van der Waals surface area contributed by atoms with Crippen LogP contribution in [0.3, 0.4) is 0 Å². The van der Waals surface area contributed by atoms with Crippen molar-refractivity contribution < 1.29 is 18.3 Å². The lowest BCUT2D eigenvalue weighted by Gasteiger charge is -2.33. The molecule has 1 aromatic carbocycles. The van der Waals surface area contributed by atoms with Crippen molar-refractivity contribution in [2.45, 2.75) is 25.9 Å². The molecule has 1 aromatic rings. The van der Waals surface area contributed by atoms with Crippen molar-refractivity contribution in [2.24, 2.45) is 5.41 Å². The zero-order valence-electron chi connectivity index (χ0n) is 12.6. The number of methoxy groups -OCH3 is 1. The molecule has 5 heteroatoms. The topological polar surface area (TPSA) is 30.5 Å². The second-order valence-electron chi connectivity index (χ2n) is 5.71. The van der Waals surface area contributed by atoms with Gasteiger partial charge in [0.15, 0.2) is 0 Å². The second kappa shape index (κ2) is 7.29. The smallest absolute Gasteiger partial charge is 0.126 e. The first-order valence-corrected chi connectivity index (χ1v) is 7.32. The summed E-state index contributed by atoms with van der Waals surface area (Å²) in [5, 5.41) is 3.33. The number of hydrogen-bond donors (Lipinski definition) is 1. The van der Waals surface area contributed by atoms with Crippen LogP contribution in [0.5, 0.6) is 0 Å². The van der Waals surface area contributed by atoms with Gasteiger partial charge in [0.2, 0.25) is 0 Å². The summed E-state index contributed by atoms with van der Waals surface area (Å²) in [7, 11) is 1.65. The quantitative estimate of drug-likeness (QED) is 0.785. The maximum atomic E-state index is 13.9. The Hall–Kier alpha value is -1.04. The Labute approximate surface area is 124 Å². The summed E-state index contributed by atoms with van der Waals surface area (Å²) in [6.07, 6.45) is 1.32. The van der Waals surface area contributed by atoms with Gasteiger partial charge in [0.1, 0.15) is 11.6 Å². The molecule has 0 saturated carbocycles. The average molecular weight is 299 g/mol. The molecule has 2 atom stereocenters. The summed E-state index contributed by atoms with van der Waals surface area (Å²) < 4.78 is 38.0. The number of nitrogens with one attached hydrogen (secondary N) is 1. The molecule has 1 heterocycles. The minimum Gasteiger partial charge on any atom is -0.383 e. The van der Waals surface area contributed by atoms with Crippen molar-refractivity contribution in [1.29, 1.82) is 0 Å². The van der Waals surface area contributed by atoms with Gasteiger partial charge >= 0.3 is 0 Å². The second-order valence-corrected chi connectivity index (χ2v) is 5.71. The van der Waals surface area contributed by atoms with Crippen molar-refractivity contribution in [1.82, 2.24) is 5.32 Å². The third-order valence-corrected chi connectivity index (χ3v) is 4.34. The van der Waals surface area contributed by atoms with E-state index in [0.717, 1.165) is 19.0 Å². The summed E-state index contributed by atoms with van der Waals surface area (Å²) in [5.74, 6) is -0.757. The fourth-order valence-electron chi connectivity index (χ4n) is 2.92. The van der Waals surface area contributed by atoms with Gasteiger partial charge < -0.3 is 14.8 Å². The fourth-order valence-corrected chi connectivity index (χ4v) is 2.92. The van der Waals surface area contributed by atoms with Crippen molar-refractivity contribution in [3.05, 3.63) is 35.4 Å². The molecule has 3 nitrogen and oxygen atoms in total. The van der Waals surface area contributed by atoms with Gasteiger partial charge in [-0.15, -0.1) is 0 Å². The van der Waals surface area contributed by atoms with Crippen molar-refractivity contribution >= 4 is 0 Å². The van der Waals surface area contributed by atoms with E-state index in [1.165, 1.54) is 12.1 Å². The highest BCUT2D eigenvalue weighted by molar-refractivity contribution is 5.21. The lowest BCUT2D eigenvalue weighted by Crippen LogP contribution is -2.42. The Kier molecular flexibility index (Phi) is 5.67. The molecule has 1 aliphatic heterocycles. The zero-order chi connectivity index (χ0) is 15.3. The molecule has 118 valence electrons. The van der Waals surface area contributed by atoms with Gasteiger partial charge in [0, 0.05) is 32.2 Å². The molecule has 0 spiro atoms. The first-order chi connectivity index (χ1) is 10.1. The van der Waals surface area contributed by atoms with E-state index in [1.807, 2.05) is 6.92 Å². The SMILES string of the molecule is COCCNCC1(Cc2cc(F)ccc2F)CCOC1C. The van der Waals surface area contributed by atoms with Crippen molar-refractivity contribution in [2.75, 3.05) is 33.4 Å². The van der Waals surface area contributed by atoms with E-state index >= 15 is 0 Å². The molecule has 1 aliphatic rings. The summed E-state index contributed by atoms with van der Waals surface area (Å²) in [5.41, 5.74) is 0.212. The van der Waals surface area contributed by atoms with E-state index in [1.54, 1.807) is 7.11 Å². The minimum atomic E-state index is -0.402. The predicted octanol–water partition coefficient (Wildman–Crippen LogP) is 2.54. The lowest BCUT2D eigenvalue weighted by atomic mass is 9.76. The molecule has 2 unspecified atom stereocenters. The summed E-state index contributed by atoms with van der Waals surface area (Å²) in [4.78, 5) is 0. The monoisotopic (exact) mass is 299 g/mol. The predicted molar refractivity (Wildman–Crippen MR) is 77.3 cm³/mol. The molecule has 1 N–H and O–H groups in total. The highest BCUT2D eigenvalue weighted by Gasteiger charge is 2.41. The fraction of sp³-hybridized carbons (Fsp3) is 0.625. The molecule has 1 saturated heterocycles. The molecule has 21 heavy (non-hydrogen) atoms. The van der Waals surface area contributed by atoms with Gasteiger partial charge in [0.25, 0.3) is 0 Å². The van der Waals surface area contributed by atoms with Gasteiger partial charge in [-0.1, -0.05) is 0 Å². The van der Waals surface area contributed by atoms with E-state index in [-0.39, 0.29) is 17.3 Å². The van der Waals surface area contributed by atoms with Crippen LogP contribution in [0.15, 0.2) is 18.2 Å². The molecule has 0 radical (unpaired) electrons. The Morgan fingerprint density at radius 1 is 1.43 bits per heavy atom. The number of benzene rings is 1. The third-order valence-electron chi connectivity index (χ3n) is 4.34. The zero-order valence-corrected chi connectivity index (χ0v) is 12.6. The molecule has 1 fully saturated rings. The maximum Gasteiger partial charge on any atom is 0.126 e. The highest BCUT2D eigenvalue weighted by Crippen LogP contribution is 2.38. The van der Waals surface area contributed by atoms with E-state index in [9.17, 15) is 8.78 Å². The van der Waals surface area contributed by atoms with E-state index in [0.29, 0.717) is 31.7 Å². The van der Waals surface area contributed by atoms with Crippen LogP contribution in [0.1, 0.15) is 18.9 Å². The molecule has 0 bridgehead atoms. The van der Waals surface area contributed by atoms with Crippen LogP contribution in [0.2, 0.25) is 0 Å². The molecular weight excluding hydrogens is 276 g/mol. The molecule has 0 aromatic heterocycles. The number of rotatable bonds is 7. The van der Waals surface area contributed by atoms with Crippen LogP contribution >= 0.6 is 0 Å². The van der Waals surface area contributed by atoms with Crippen LogP contribution in [-0.4, -0.2) is 39.5 Å². The van der Waals surface area contributed by atoms with Gasteiger partial charge in [-0.05, 0) is 43.5 Å². The Balaban J connectivity index is 2.11. The van der Waals surface area contributed by atoms with E-state index in [4.69, 9.17) is 9.47 Å². The Morgan fingerprint density at radius 2 is 2.24 bits per heavy atom. The van der Waals surface area contributed by atoms with Crippen LogP contribution in [-0.2, 0) is 15.9 Å². The van der Waals surface area contributed by atoms with Crippen LogP contribution < -0.4 is 5.32 Å². The average Bonchev–Trinajstić information content (AvgIpc) is 2.81. The summed E-state index contributed by atoms with van der Waals surface area (Å²) in [6, 6.07) is 3.63. The normalized spacial score (nSPS) is 25.4. The third kappa shape index (κ3) is 3.99. The standard InChI is InChI=1S/C16H23F2NO2/c1-12-16(5-7-21-12,11-19-6-8-20-2)10-13-9-14(17)3-4-15(13)18/h3-4,9,12,19H,5-8,10-11H2,1-2H3. The number of halogens is 2. The maximum absolute atomic E-state index is 13.9. The van der Waals surface area contributed by atoms with Crippen LogP contribution in [0.25, 0.3) is 0 Å². The highest BCUT2D eigenvalue weighted by atomic mass is 19.1. The minimum absolute atomic E-state index is 0.00946. The van der Waals surface area contributed by atoms with Gasteiger partial charge in [0.05, 0.1) is 12.7 Å². The van der Waals surface area contributed by atoms with Gasteiger partial charge in [-0.3, -0.25) is 0 Å². The number of ether oxygens (including phenoxy) is 2. The molecule has 0 amide bonds. The summed E-state index contributed by atoms with van der Waals surface area (Å²) in [6.45, 7) is 4.72. The molecular formula is C16H23F2NO2. The van der Waals surface area contributed by atoms with Crippen molar-refractivity contribution in [3.8, 4) is 0 Å². The number of hydrogen-bond acceptors (Lipinski definition) is 3. The van der Waals surface area contributed by atoms with E-state index in [2.05, 4.69) is 5.32 Å². The van der Waals surface area contributed by atoms with Gasteiger partial charge in [-0.25, -0.2) is 8.78 Å². The van der Waals surface area contributed by atoms with E-state index < -0.39 is 5.82 Å². The summed E-state index contributed by atoms with van der Waals surface area (Å²) >= 11 is 0. The first-order valence-electron chi connectivity index (χ1n) is 7.32. The first kappa shape index (κ1) is 16.3. The Bertz CT molecular complexity index is 470. The van der Waals surface area contributed by atoms with Crippen LogP contribution in [0.4, 0.5) is 8.78 Å². The molecule has 0 aliphatic carbocycles. The largest absolute Gasteiger partial charge is 0.383 e. The Morgan fingerprint density at radius 3 is 2.90 bits per heavy atom. The lowest BCUT2D eigenvalue weighted by molar-refractivity contribution is 0.0615. The van der Waals surface area contributed by atoms with Gasteiger partial charge in [-0.2, -0.15) is 0 Å². The van der Waals surface area contributed by atoms with Crippen molar-refractivity contribution in [3.63, 3.8) is 0 Å².